The third-order valence-electron chi connectivity index (χ3n) is 6.42. The molecular weight excluding hydrogens is 468 g/mol. The van der Waals surface area contributed by atoms with E-state index in [0.717, 1.165) is 55.0 Å². The van der Waals surface area contributed by atoms with Crippen LogP contribution in [0.5, 0.6) is 0 Å². The van der Waals surface area contributed by atoms with Crippen molar-refractivity contribution in [2.45, 2.75) is 129 Å². The van der Waals surface area contributed by atoms with E-state index in [0.29, 0.717) is 11.6 Å². The third kappa shape index (κ3) is 10.5. The molecule has 2 aromatic heterocycles. The number of hydrogen-bond donors (Lipinski definition) is 1. The molecule has 0 atom stereocenters. The fourth-order valence-corrected chi connectivity index (χ4v) is 5.13. The van der Waals surface area contributed by atoms with Gasteiger partial charge in [0.25, 0.3) is 0 Å². The summed E-state index contributed by atoms with van der Waals surface area (Å²) in [5, 5.41) is 8.55. The molecule has 0 fully saturated rings. The van der Waals surface area contributed by atoms with Gasteiger partial charge in [-0.25, -0.2) is 9.87 Å². The number of nitrogens with one attached hydrogen (secondary N) is 1. The molecule has 6 nitrogen and oxygen atoms in total. The van der Waals surface area contributed by atoms with Crippen LogP contribution in [-0.4, -0.2) is 32.2 Å². The first kappa shape index (κ1) is 29.5. The second-order valence-corrected chi connectivity index (χ2v) is 11.2. The minimum Gasteiger partial charge on any atom is -0.278 e. The monoisotopic (exact) mass is 514 g/mol. The average molecular weight is 515 g/mol. The Morgan fingerprint density at radius 1 is 0.912 bits per heavy atom. The topological polar surface area (TPSA) is 64.4 Å². The lowest BCUT2D eigenvalue weighted by atomic mass is 9.84. The first-order valence-electron chi connectivity index (χ1n) is 13.5. The number of hydrogen-bond acceptors (Lipinski definition) is 5. The standard InChI is InChI=1S/C26H47ClN4O2S/c1-5-7-9-10-11-12-13-14-15-16-21-34-33-32-20-17-19-26(3,4)24-23(27)25-28-22(18-8-6-2)29-31(25)30-24/h30H,5-21H2,1-4H3. The summed E-state index contributed by atoms with van der Waals surface area (Å²) in [6.45, 7) is 9.38. The van der Waals surface area contributed by atoms with Crippen LogP contribution < -0.4 is 0 Å². The van der Waals surface area contributed by atoms with E-state index in [1.807, 2.05) is 0 Å². The third-order valence-corrected chi connectivity index (χ3v) is 7.43. The zero-order valence-corrected chi connectivity index (χ0v) is 23.5. The van der Waals surface area contributed by atoms with Crippen molar-refractivity contribution in [3.05, 3.63) is 16.5 Å². The molecule has 1 N–H and O–H groups in total. The Balaban J connectivity index is 1.51. The van der Waals surface area contributed by atoms with Crippen LogP contribution in [0, 0.1) is 0 Å². The molecule has 196 valence electrons. The van der Waals surface area contributed by atoms with E-state index in [-0.39, 0.29) is 5.41 Å². The van der Waals surface area contributed by atoms with Gasteiger partial charge in [0.2, 0.25) is 0 Å². The van der Waals surface area contributed by atoms with Crippen molar-refractivity contribution in [1.82, 2.24) is 19.8 Å². The molecule has 0 aliphatic rings. The molecule has 0 aromatic carbocycles. The molecule has 0 spiro atoms. The van der Waals surface area contributed by atoms with E-state index in [9.17, 15) is 0 Å². The Bertz CT molecular complexity index is 793. The van der Waals surface area contributed by atoms with Gasteiger partial charge in [0.1, 0.15) is 5.02 Å². The number of aromatic amines is 1. The van der Waals surface area contributed by atoms with E-state index < -0.39 is 0 Å². The van der Waals surface area contributed by atoms with Crippen molar-refractivity contribution >= 4 is 29.3 Å². The van der Waals surface area contributed by atoms with Crippen molar-refractivity contribution in [3.63, 3.8) is 0 Å². The molecule has 2 aromatic rings. The van der Waals surface area contributed by atoms with Gasteiger partial charge < -0.3 is 0 Å². The quantitative estimate of drug-likeness (QED) is 0.0781. The summed E-state index contributed by atoms with van der Waals surface area (Å²) < 4.78 is 7.02. The zero-order chi connectivity index (χ0) is 24.7. The summed E-state index contributed by atoms with van der Waals surface area (Å²) in [5.74, 6) is 1.84. The summed E-state index contributed by atoms with van der Waals surface area (Å²) in [6, 6.07) is 0. The molecule has 0 unspecified atom stereocenters. The first-order valence-corrected chi connectivity index (χ1v) is 14.8. The van der Waals surface area contributed by atoms with Crippen LogP contribution in [0.4, 0.5) is 0 Å². The van der Waals surface area contributed by atoms with Crippen LogP contribution in [0.3, 0.4) is 0 Å². The number of unbranched alkanes of at least 4 members (excludes halogenated alkanes) is 10. The Morgan fingerprint density at radius 2 is 1.56 bits per heavy atom. The van der Waals surface area contributed by atoms with Gasteiger partial charge in [0.05, 0.1) is 12.3 Å². The smallest absolute Gasteiger partial charge is 0.194 e. The Morgan fingerprint density at radius 3 is 2.21 bits per heavy atom. The largest absolute Gasteiger partial charge is 0.278 e. The lowest BCUT2D eigenvalue weighted by Gasteiger charge is -2.23. The van der Waals surface area contributed by atoms with Gasteiger partial charge in [-0.3, -0.25) is 5.10 Å². The number of H-pyrrole nitrogens is 1. The predicted octanol–water partition coefficient (Wildman–Crippen LogP) is 8.63. The van der Waals surface area contributed by atoms with Gasteiger partial charge in [-0.15, -0.1) is 5.10 Å². The molecule has 0 amide bonds. The summed E-state index contributed by atoms with van der Waals surface area (Å²) in [4.78, 5) is 9.98. The van der Waals surface area contributed by atoms with E-state index in [1.54, 1.807) is 4.63 Å². The van der Waals surface area contributed by atoms with Crippen molar-refractivity contribution in [3.8, 4) is 0 Å². The summed E-state index contributed by atoms with van der Waals surface area (Å²) in [6.07, 6.45) is 18.4. The highest BCUT2D eigenvalue weighted by molar-refractivity contribution is 7.94. The molecule has 2 rings (SSSR count). The highest BCUT2D eigenvalue weighted by Crippen LogP contribution is 2.34. The van der Waals surface area contributed by atoms with Crippen LogP contribution in [0.25, 0.3) is 5.65 Å². The molecule has 0 aliphatic carbocycles. The van der Waals surface area contributed by atoms with Crippen molar-refractivity contribution in [2.24, 2.45) is 0 Å². The molecule has 0 aliphatic heterocycles. The van der Waals surface area contributed by atoms with Crippen LogP contribution in [-0.2, 0) is 21.1 Å². The highest BCUT2D eigenvalue weighted by Gasteiger charge is 2.28. The fourth-order valence-electron chi connectivity index (χ4n) is 4.18. The molecule has 0 saturated carbocycles. The van der Waals surface area contributed by atoms with Crippen LogP contribution in [0.15, 0.2) is 0 Å². The van der Waals surface area contributed by atoms with Gasteiger partial charge >= 0.3 is 0 Å². The van der Waals surface area contributed by atoms with Gasteiger partial charge in [0.15, 0.2) is 11.5 Å². The van der Waals surface area contributed by atoms with E-state index >= 15 is 0 Å². The lowest BCUT2D eigenvalue weighted by molar-refractivity contribution is -0.191. The Hall–Kier alpha value is -0.760. The summed E-state index contributed by atoms with van der Waals surface area (Å²) in [5.41, 5.74) is 1.57. The SMILES string of the molecule is CCCCCCCCCCCCSOOCCCC(C)(C)c1[nH]n2nc(CCCC)nc2c1Cl. The highest BCUT2D eigenvalue weighted by atomic mass is 35.5. The van der Waals surface area contributed by atoms with Gasteiger partial charge in [0, 0.05) is 29.6 Å². The van der Waals surface area contributed by atoms with E-state index in [2.05, 4.69) is 42.9 Å². The van der Waals surface area contributed by atoms with Gasteiger partial charge in [-0.2, -0.15) is 8.96 Å². The zero-order valence-electron chi connectivity index (χ0n) is 22.0. The molecule has 2 heterocycles. The second-order valence-electron chi connectivity index (χ2n) is 10.0. The van der Waals surface area contributed by atoms with E-state index in [4.69, 9.17) is 20.8 Å². The maximum Gasteiger partial charge on any atom is 0.194 e. The number of rotatable bonds is 21. The molecule has 34 heavy (non-hydrogen) atoms. The summed E-state index contributed by atoms with van der Waals surface area (Å²) >= 11 is 8.08. The maximum absolute atomic E-state index is 6.65. The lowest BCUT2D eigenvalue weighted by Crippen LogP contribution is -2.19. The minimum absolute atomic E-state index is 0.129. The predicted molar refractivity (Wildman–Crippen MR) is 145 cm³/mol. The first-order chi connectivity index (χ1) is 16.5. The van der Waals surface area contributed by atoms with E-state index in [1.165, 1.54) is 76.3 Å². The molecular formula is C26H47ClN4O2S. The van der Waals surface area contributed by atoms with Crippen molar-refractivity contribution in [2.75, 3.05) is 12.4 Å². The van der Waals surface area contributed by atoms with Crippen LogP contribution in [0.1, 0.15) is 129 Å². The number of aromatic nitrogens is 4. The number of halogens is 1. The van der Waals surface area contributed by atoms with Crippen molar-refractivity contribution in [1.29, 1.82) is 0 Å². The van der Waals surface area contributed by atoms with Gasteiger partial charge in [-0.1, -0.05) is 104 Å². The normalized spacial score (nSPS) is 12.3. The average Bonchev–Trinajstić information content (AvgIpc) is 3.36. The van der Waals surface area contributed by atoms with Gasteiger partial charge in [-0.05, 0) is 25.7 Å². The molecule has 8 heteroatoms. The second kappa shape index (κ2) is 16.8. The Labute approximate surface area is 216 Å². The number of aryl methyl sites for hydroxylation is 1. The summed E-state index contributed by atoms with van der Waals surface area (Å²) in [7, 11) is 0. The minimum atomic E-state index is -0.129. The number of nitrogens with zero attached hydrogens (tertiary/aromatic N) is 3. The maximum atomic E-state index is 6.65. The number of fused-ring (bicyclic) bond motifs is 1. The van der Waals surface area contributed by atoms with Crippen LogP contribution >= 0.6 is 23.6 Å². The fraction of sp³-hybridized carbons (Fsp3) is 0.846. The molecule has 0 saturated heterocycles. The molecule has 0 radical (unpaired) electrons. The van der Waals surface area contributed by atoms with Crippen molar-refractivity contribution < 1.29 is 9.22 Å². The molecule has 0 bridgehead atoms. The Kier molecular flexibility index (Phi) is 14.6. The van der Waals surface area contributed by atoms with Crippen LogP contribution in [0.2, 0.25) is 5.02 Å².